The van der Waals surface area contributed by atoms with Crippen LogP contribution >= 0.6 is 0 Å². The van der Waals surface area contributed by atoms with Crippen LogP contribution in [0.1, 0.15) is 0 Å². The molecule has 6 aromatic heterocycles. The van der Waals surface area contributed by atoms with E-state index in [1.54, 1.807) is 0 Å². The van der Waals surface area contributed by atoms with Gasteiger partial charge in [0.15, 0.2) is 23.3 Å². The minimum atomic E-state index is 0.602. The number of aromatic nitrogens is 9. The molecule has 0 unspecified atom stereocenters. The van der Waals surface area contributed by atoms with E-state index in [0.717, 1.165) is 161 Å². The highest BCUT2D eigenvalue weighted by Crippen LogP contribution is 2.45. The average Bonchev–Trinajstić information content (AvgIpc) is 1.67. The van der Waals surface area contributed by atoms with Crippen LogP contribution in [0.15, 0.2) is 431 Å². The summed E-state index contributed by atoms with van der Waals surface area (Å²) in [5, 5.41) is 11.6. The number of para-hydroxylation sites is 4. The molecule has 120 heavy (non-hydrogen) atoms. The predicted octanol–water partition coefficient (Wildman–Crippen LogP) is 28.3. The average molecular weight is 1530 g/mol. The van der Waals surface area contributed by atoms with E-state index in [0.29, 0.717) is 23.3 Å². The number of fused-ring (bicyclic) bond motifs is 12. The number of hydrogen-bond donors (Lipinski definition) is 0. The molecule has 0 aliphatic rings. The monoisotopic (exact) mass is 1530 g/mol. The van der Waals surface area contributed by atoms with Crippen molar-refractivity contribution in [2.75, 3.05) is 0 Å². The van der Waals surface area contributed by atoms with Crippen LogP contribution in [0.2, 0.25) is 0 Å². The van der Waals surface area contributed by atoms with Gasteiger partial charge in [0.05, 0.1) is 55.9 Å². The third-order valence-electron chi connectivity index (χ3n) is 23.0. The molecular weight excluding hydrogens is 1460 g/mol. The summed E-state index contributed by atoms with van der Waals surface area (Å²) in [7, 11) is 0. The zero-order valence-electron chi connectivity index (χ0n) is 65.0. The molecule has 0 bridgehead atoms. The quantitative estimate of drug-likeness (QED) is 0.113. The second-order valence-corrected chi connectivity index (χ2v) is 30.3. The van der Waals surface area contributed by atoms with Crippen molar-refractivity contribution >= 4 is 87.0 Å². The van der Waals surface area contributed by atoms with Crippen molar-refractivity contribution in [2.45, 2.75) is 0 Å². The molecule has 0 fully saturated rings. The summed E-state index contributed by atoms with van der Waals surface area (Å²) in [6.07, 6.45) is 0. The van der Waals surface area contributed by atoms with Crippen LogP contribution in [0, 0.1) is 0 Å². The zero-order valence-corrected chi connectivity index (χ0v) is 65.0. The zero-order chi connectivity index (χ0) is 79.4. The molecule has 17 aromatic carbocycles. The second-order valence-electron chi connectivity index (χ2n) is 30.3. The van der Waals surface area contributed by atoms with E-state index in [4.69, 9.17) is 34.9 Å². The van der Waals surface area contributed by atoms with Gasteiger partial charge < -0.3 is 9.13 Å². The van der Waals surface area contributed by atoms with Crippen LogP contribution < -0.4 is 0 Å². The number of hydrogen-bond acceptors (Lipinski definition) is 7. The van der Waals surface area contributed by atoms with Crippen LogP contribution in [0.4, 0.5) is 0 Å². The lowest BCUT2D eigenvalue weighted by Crippen LogP contribution is -2.00. The molecule has 9 nitrogen and oxygen atoms in total. The largest absolute Gasteiger partial charge is 0.308 e. The summed E-state index contributed by atoms with van der Waals surface area (Å²) in [5.41, 5.74) is 27.1. The summed E-state index contributed by atoms with van der Waals surface area (Å²) in [6.45, 7) is 0. The van der Waals surface area contributed by atoms with E-state index >= 15 is 0 Å². The lowest BCUT2D eigenvalue weighted by Gasteiger charge is -2.13. The normalized spacial score (nSPS) is 11.5. The predicted molar refractivity (Wildman–Crippen MR) is 496 cm³/mol. The maximum absolute atomic E-state index is 5.39. The highest BCUT2D eigenvalue weighted by Gasteiger charge is 2.25. The molecule has 0 radical (unpaired) electrons. The Bertz CT molecular complexity index is 7730. The number of benzene rings is 17. The molecule has 0 N–H and O–H groups in total. The van der Waals surface area contributed by atoms with Crippen molar-refractivity contribution in [3.05, 3.63) is 431 Å². The molecule has 560 valence electrons. The van der Waals surface area contributed by atoms with Gasteiger partial charge in [-0.05, 0) is 110 Å². The Balaban J connectivity index is 0.000000145. The van der Waals surface area contributed by atoms with Crippen LogP contribution in [0.5, 0.6) is 0 Å². The van der Waals surface area contributed by atoms with Crippen LogP contribution in [-0.4, -0.2) is 44.0 Å². The smallest absolute Gasteiger partial charge is 0.164 e. The first-order valence-electron chi connectivity index (χ1n) is 40.5. The lowest BCUT2D eigenvalue weighted by molar-refractivity contribution is 1.07. The van der Waals surface area contributed by atoms with Crippen LogP contribution in [0.25, 0.3) is 222 Å². The van der Waals surface area contributed by atoms with E-state index in [1.807, 2.05) is 24.3 Å². The highest BCUT2D eigenvalue weighted by atomic mass is 15.0. The SMILES string of the molecule is c1ccc(-c2ccc(-c3cc(-c4ccccc4)nc(-c4ccc(-c5nc6ccccc6c6c5c5ccccc5n6-c5ccc6ccccc6c5)cc4)n3)cc2)cc1.c1ccc(-c2ccc(-c3nc(-c4ccc(-c5ccccc5)cc4)nc(-c4ccc(-c5nc6ccccc6c6c5c5ccccc5n6-c5ccc6ccccc6c5)cc4)n3)cc2)cc1. The Hall–Kier alpha value is -16.2. The number of rotatable bonds is 13. The van der Waals surface area contributed by atoms with Crippen molar-refractivity contribution in [2.24, 2.45) is 0 Å². The van der Waals surface area contributed by atoms with Gasteiger partial charge in [-0.3, -0.25) is 0 Å². The lowest BCUT2D eigenvalue weighted by atomic mass is 10.0. The summed E-state index contributed by atoms with van der Waals surface area (Å²) in [4.78, 5) is 36.4. The Morgan fingerprint density at radius 2 is 0.433 bits per heavy atom. The van der Waals surface area contributed by atoms with Crippen molar-refractivity contribution in [3.63, 3.8) is 0 Å². The van der Waals surface area contributed by atoms with Crippen LogP contribution in [0.3, 0.4) is 0 Å². The molecule has 0 aliphatic carbocycles. The minimum absolute atomic E-state index is 0.602. The van der Waals surface area contributed by atoms with E-state index in [2.05, 4.69) is 416 Å². The van der Waals surface area contributed by atoms with Gasteiger partial charge in [0.25, 0.3) is 0 Å². The Kier molecular flexibility index (Phi) is 17.7. The molecule has 0 atom stereocenters. The third-order valence-corrected chi connectivity index (χ3v) is 23.0. The molecule has 0 spiro atoms. The minimum Gasteiger partial charge on any atom is -0.308 e. The van der Waals surface area contributed by atoms with Crippen LogP contribution in [-0.2, 0) is 0 Å². The van der Waals surface area contributed by atoms with Gasteiger partial charge in [-0.2, -0.15) is 0 Å². The van der Waals surface area contributed by atoms with Gasteiger partial charge in [0.2, 0.25) is 0 Å². The van der Waals surface area contributed by atoms with Crippen molar-refractivity contribution < 1.29 is 0 Å². The fourth-order valence-corrected chi connectivity index (χ4v) is 17.1. The Morgan fingerprint density at radius 1 is 0.167 bits per heavy atom. The molecule has 0 saturated heterocycles. The van der Waals surface area contributed by atoms with Gasteiger partial charge in [0, 0.05) is 88.2 Å². The molecule has 23 rings (SSSR count). The molecular formula is C111H71N9. The summed E-state index contributed by atoms with van der Waals surface area (Å²) < 4.78 is 4.82. The maximum Gasteiger partial charge on any atom is 0.164 e. The third kappa shape index (κ3) is 13.0. The number of pyridine rings is 2. The standard InChI is InChI=1S/C58H37N5.C53H34N4/c1-3-13-38(14-4-1)41-23-29-44(30-24-41)56-60-57(45-31-25-42(26-32-45)39-15-5-2-6-16-39)62-58(61-56)46-33-27-43(28-34-46)54-53-50-20-10-12-22-52(50)63(55(53)49-19-9-11-21-51(49)59-54)48-36-35-40-17-7-8-18-47(40)37-48;1-3-13-35(14-4-1)37-23-25-39(26-24-37)48-34-47(38-16-5-2-6-17-38)55-53(56-48)41-29-27-40(28-30-41)51-50-45-20-10-12-22-49(45)57(52(50)44-19-9-11-21-46(44)54-51)43-32-31-36-15-7-8-18-42(36)33-43/h1-37H;1-34H. The Labute approximate surface area is 692 Å². The molecule has 0 saturated carbocycles. The summed E-state index contributed by atoms with van der Waals surface area (Å²) in [5.74, 6) is 2.51. The van der Waals surface area contributed by atoms with Crippen molar-refractivity contribution in [1.82, 2.24) is 44.0 Å². The molecule has 23 aromatic rings. The first kappa shape index (κ1) is 70.4. The van der Waals surface area contributed by atoms with Crippen molar-refractivity contribution in [1.29, 1.82) is 0 Å². The first-order chi connectivity index (χ1) is 59.5. The maximum atomic E-state index is 5.39. The molecule has 0 aliphatic heterocycles. The Morgan fingerprint density at radius 3 is 0.808 bits per heavy atom. The molecule has 9 heteroatoms. The van der Waals surface area contributed by atoms with Gasteiger partial charge in [-0.25, -0.2) is 34.9 Å². The topological polar surface area (TPSA) is 100 Å². The van der Waals surface area contributed by atoms with Crippen molar-refractivity contribution in [3.8, 4) is 135 Å². The summed E-state index contributed by atoms with van der Waals surface area (Å²) >= 11 is 0. The van der Waals surface area contributed by atoms with E-state index < -0.39 is 0 Å². The van der Waals surface area contributed by atoms with E-state index in [9.17, 15) is 0 Å². The van der Waals surface area contributed by atoms with Gasteiger partial charge in [-0.1, -0.05) is 376 Å². The fourth-order valence-electron chi connectivity index (χ4n) is 17.1. The van der Waals surface area contributed by atoms with E-state index in [1.165, 1.54) is 38.1 Å². The summed E-state index contributed by atoms with van der Waals surface area (Å²) in [6, 6.07) is 151. The first-order valence-corrected chi connectivity index (χ1v) is 40.5. The fraction of sp³-hybridized carbons (Fsp3) is 0. The van der Waals surface area contributed by atoms with Gasteiger partial charge in [-0.15, -0.1) is 0 Å². The van der Waals surface area contributed by atoms with Gasteiger partial charge in [0.1, 0.15) is 0 Å². The second kappa shape index (κ2) is 30.2. The number of nitrogens with zero attached hydrogens (tertiary/aromatic N) is 9. The van der Waals surface area contributed by atoms with Gasteiger partial charge >= 0.3 is 0 Å². The molecule has 6 heterocycles. The highest BCUT2D eigenvalue weighted by molar-refractivity contribution is 6.24. The molecule has 0 amide bonds. The van der Waals surface area contributed by atoms with E-state index in [-0.39, 0.29) is 0 Å².